The Morgan fingerprint density at radius 1 is 1.62 bits per heavy atom. The minimum atomic E-state index is -0.707. The molecular formula is C11H16N3O2. The molecule has 1 rings (SSSR count). The van der Waals surface area contributed by atoms with E-state index in [-0.39, 0.29) is 12.3 Å². The van der Waals surface area contributed by atoms with Gasteiger partial charge in [-0.2, -0.15) is 0 Å². The molecular weight excluding hydrogens is 206 g/mol. The van der Waals surface area contributed by atoms with E-state index in [2.05, 4.69) is 4.98 Å². The van der Waals surface area contributed by atoms with Crippen molar-refractivity contribution in [3.05, 3.63) is 18.7 Å². The van der Waals surface area contributed by atoms with Crippen LogP contribution in [0.15, 0.2) is 18.7 Å². The van der Waals surface area contributed by atoms with E-state index in [1.54, 1.807) is 43.4 Å². The fourth-order valence-corrected chi connectivity index (χ4v) is 1.47. The van der Waals surface area contributed by atoms with Crippen molar-refractivity contribution in [3.63, 3.8) is 0 Å². The maximum absolute atomic E-state index is 11.9. The number of carbonyl (C=O) groups excluding carboxylic acids is 2. The molecule has 1 radical (unpaired) electrons. The first-order valence-corrected chi connectivity index (χ1v) is 5.08. The number of nitrogens with zero attached hydrogens (tertiary/aromatic N) is 2. The standard InChI is InChI=1S/C11H16N3O2/c1-11(2,5-9(12)7-15)10(16)6-14-4-3-13-8-14/h3-4,8-9H,5-6,12H2,1-2H3/t9-/m0/s1. The number of carbonyl (C=O) groups is 1. The first-order chi connectivity index (χ1) is 7.45. The Hall–Kier alpha value is -1.49. The lowest BCUT2D eigenvalue weighted by Gasteiger charge is -2.24. The zero-order valence-electron chi connectivity index (χ0n) is 9.51. The molecule has 87 valence electrons. The maximum atomic E-state index is 11.9. The summed E-state index contributed by atoms with van der Waals surface area (Å²) in [6.07, 6.45) is 6.92. The Balaban J connectivity index is 2.61. The first kappa shape index (κ1) is 12.6. The van der Waals surface area contributed by atoms with E-state index < -0.39 is 11.5 Å². The molecule has 1 aromatic rings. The van der Waals surface area contributed by atoms with E-state index in [4.69, 9.17) is 5.73 Å². The molecule has 0 saturated carbocycles. The Bertz CT molecular complexity index is 357. The van der Waals surface area contributed by atoms with Crippen LogP contribution in [0.4, 0.5) is 0 Å². The molecule has 0 unspecified atom stereocenters. The summed E-state index contributed by atoms with van der Waals surface area (Å²) in [4.78, 5) is 26.2. The predicted octanol–water partition coefficient (Wildman–Crippen LogP) is 0.305. The summed E-state index contributed by atoms with van der Waals surface area (Å²) in [6.45, 7) is 3.81. The van der Waals surface area contributed by atoms with E-state index in [1.807, 2.05) is 0 Å². The molecule has 0 fully saturated rings. The number of hydrogen-bond donors (Lipinski definition) is 1. The minimum absolute atomic E-state index is 0.0243. The van der Waals surface area contributed by atoms with Crippen LogP contribution in [0.5, 0.6) is 0 Å². The lowest BCUT2D eigenvalue weighted by Crippen LogP contribution is -2.35. The van der Waals surface area contributed by atoms with Crippen molar-refractivity contribution in [2.45, 2.75) is 32.9 Å². The third-order valence-corrected chi connectivity index (χ3v) is 2.52. The first-order valence-electron chi connectivity index (χ1n) is 5.08. The fraction of sp³-hybridized carbons (Fsp3) is 0.545. The van der Waals surface area contributed by atoms with Crippen LogP contribution in [-0.2, 0) is 16.1 Å². The summed E-state index contributed by atoms with van der Waals surface area (Å²) in [5.41, 5.74) is 4.85. The molecule has 0 bridgehead atoms. The monoisotopic (exact) mass is 222 g/mol. The number of nitrogens with two attached hydrogens (primary N) is 1. The normalized spacial score (nSPS) is 13.4. The summed E-state index contributed by atoms with van der Waals surface area (Å²) >= 11 is 0. The predicted molar refractivity (Wildman–Crippen MR) is 59.3 cm³/mol. The van der Waals surface area contributed by atoms with Crippen LogP contribution in [0.2, 0.25) is 0 Å². The second kappa shape index (κ2) is 5.03. The molecule has 0 spiro atoms. The van der Waals surface area contributed by atoms with E-state index in [0.717, 1.165) is 0 Å². The van der Waals surface area contributed by atoms with Crippen LogP contribution in [0.3, 0.4) is 0 Å². The van der Waals surface area contributed by atoms with Gasteiger partial charge in [0.25, 0.3) is 0 Å². The SMILES string of the molecule is CC(C)(C[C@H](N)[C]=O)C(=O)Cn1ccnc1. The minimum Gasteiger partial charge on any atom is -0.330 e. The average molecular weight is 222 g/mol. The summed E-state index contributed by atoms with van der Waals surface area (Å²) in [5, 5.41) is 0. The highest BCUT2D eigenvalue weighted by Crippen LogP contribution is 2.23. The number of rotatable bonds is 6. The van der Waals surface area contributed by atoms with Gasteiger partial charge >= 0.3 is 0 Å². The third-order valence-electron chi connectivity index (χ3n) is 2.52. The van der Waals surface area contributed by atoms with E-state index in [0.29, 0.717) is 6.42 Å². The van der Waals surface area contributed by atoms with Crippen molar-refractivity contribution in [2.24, 2.45) is 11.1 Å². The molecule has 0 aliphatic carbocycles. The molecule has 0 saturated heterocycles. The van der Waals surface area contributed by atoms with Crippen LogP contribution in [-0.4, -0.2) is 27.7 Å². The van der Waals surface area contributed by atoms with Gasteiger partial charge in [-0.3, -0.25) is 9.59 Å². The van der Waals surface area contributed by atoms with Crippen LogP contribution in [0.25, 0.3) is 0 Å². The second-order valence-corrected chi connectivity index (χ2v) is 4.47. The summed E-state index contributed by atoms with van der Waals surface area (Å²) in [5.74, 6) is 0.0243. The molecule has 0 aromatic carbocycles. The zero-order chi connectivity index (χ0) is 12.2. The van der Waals surface area contributed by atoms with Crippen LogP contribution in [0.1, 0.15) is 20.3 Å². The highest BCUT2D eigenvalue weighted by atomic mass is 16.1. The van der Waals surface area contributed by atoms with Gasteiger partial charge in [0, 0.05) is 17.8 Å². The molecule has 0 aliphatic heterocycles. The lowest BCUT2D eigenvalue weighted by molar-refractivity contribution is -0.128. The Morgan fingerprint density at radius 3 is 2.81 bits per heavy atom. The van der Waals surface area contributed by atoms with E-state index in [9.17, 15) is 9.59 Å². The molecule has 1 heterocycles. The number of aromatic nitrogens is 2. The highest BCUT2D eigenvalue weighted by molar-refractivity contribution is 5.84. The highest BCUT2D eigenvalue weighted by Gasteiger charge is 2.29. The Morgan fingerprint density at radius 2 is 2.31 bits per heavy atom. The average Bonchev–Trinajstić information content (AvgIpc) is 2.69. The molecule has 2 N–H and O–H groups in total. The number of Topliss-reactive ketones (excluding diaryl/α,β-unsaturated/α-hetero) is 1. The van der Waals surface area contributed by atoms with Crippen LogP contribution in [0, 0.1) is 5.41 Å². The van der Waals surface area contributed by atoms with Crippen LogP contribution < -0.4 is 5.73 Å². The number of imidazole rings is 1. The van der Waals surface area contributed by atoms with Gasteiger partial charge in [0.15, 0.2) is 5.78 Å². The van der Waals surface area contributed by atoms with Crippen molar-refractivity contribution in [1.29, 1.82) is 0 Å². The number of ketones is 1. The molecule has 5 heteroatoms. The lowest BCUT2D eigenvalue weighted by atomic mass is 9.82. The van der Waals surface area contributed by atoms with Crippen molar-refractivity contribution < 1.29 is 9.59 Å². The van der Waals surface area contributed by atoms with E-state index >= 15 is 0 Å². The van der Waals surface area contributed by atoms with Gasteiger partial charge in [0.2, 0.25) is 6.29 Å². The van der Waals surface area contributed by atoms with Crippen molar-refractivity contribution in [3.8, 4) is 0 Å². The van der Waals surface area contributed by atoms with Crippen molar-refractivity contribution >= 4 is 12.1 Å². The molecule has 1 atom stereocenters. The molecule has 5 nitrogen and oxygen atoms in total. The van der Waals surface area contributed by atoms with E-state index in [1.165, 1.54) is 0 Å². The third kappa shape index (κ3) is 3.27. The molecule has 16 heavy (non-hydrogen) atoms. The fourth-order valence-electron chi connectivity index (χ4n) is 1.47. The Kier molecular flexibility index (Phi) is 3.95. The number of hydrogen-bond acceptors (Lipinski definition) is 4. The van der Waals surface area contributed by atoms with Gasteiger partial charge in [0.1, 0.15) is 0 Å². The van der Waals surface area contributed by atoms with Crippen molar-refractivity contribution in [2.75, 3.05) is 0 Å². The zero-order valence-corrected chi connectivity index (χ0v) is 9.51. The summed E-state index contributed by atoms with van der Waals surface area (Å²) in [6, 6.07) is -0.707. The topological polar surface area (TPSA) is 78.0 Å². The van der Waals surface area contributed by atoms with Gasteiger partial charge in [-0.1, -0.05) is 13.8 Å². The largest absolute Gasteiger partial charge is 0.330 e. The molecule has 0 aliphatic rings. The Labute approximate surface area is 94.7 Å². The smallest absolute Gasteiger partial charge is 0.216 e. The van der Waals surface area contributed by atoms with Gasteiger partial charge in [-0.05, 0) is 6.42 Å². The van der Waals surface area contributed by atoms with Gasteiger partial charge in [0.05, 0.1) is 18.9 Å². The van der Waals surface area contributed by atoms with Gasteiger partial charge in [-0.25, -0.2) is 4.98 Å². The quantitative estimate of drug-likeness (QED) is 0.751. The van der Waals surface area contributed by atoms with Crippen LogP contribution >= 0.6 is 0 Å². The maximum Gasteiger partial charge on any atom is 0.216 e. The summed E-state index contributed by atoms with van der Waals surface area (Å²) < 4.78 is 1.69. The summed E-state index contributed by atoms with van der Waals surface area (Å²) in [7, 11) is 0. The second-order valence-electron chi connectivity index (χ2n) is 4.47. The van der Waals surface area contributed by atoms with Crippen molar-refractivity contribution in [1.82, 2.24) is 9.55 Å². The van der Waals surface area contributed by atoms with Gasteiger partial charge < -0.3 is 10.3 Å². The van der Waals surface area contributed by atoms with Gasteiger partial charge in [-0.15, -0.1) is 0 Å². The molecule has 1 aromatic heterocycles. The molecule has 0 amide bonds.